The number of pyridine rings is 2. The Hall–Kier alpha value is -3.85. The predicted octanol–water partition coefficient (Wildman–Crippen LogP) is 9.44. The molecular formula is C36H37Cl2FN6O4S2. The van der Waals surface area contributed by atoms with Gasteiger partial charge in [-0.2, -0.15) is 0 Å². The number of hydrogen-bond acceptors (Lipinski definition) is 12. The van der Waals surface area contributed by atoms with Crippen LogP contribution in [-0.2, 0) is 0 Å². The Balaban J connectivity index is 0.000000150. The molecule has 0 unspecified atom stereocenters. The fraction of sp³-hybridized carbons (Fsp3) is 0.333. The van der Waals surface area contributed by atoms with Gasteiger partial charge in [-0.3, -0.25) is 0 Å². The fourth-order valence-corrected chi connectivity index (χ4v) is 8.09. The van der Waals surface area contributed by atoms with Gasteiger partial charge in [0.1, 0.15) is 33.4 Å². The van der Waals surface area contributed by atoms with Crippen LogP contribution in [0.25, 0.3) is 20.4 Å². The van der Waals surface area contributed by atoms with Crippen molar-refractivity contribution in [3.8, 4) is 17.2 Å². The van der Waals surface area contributed by atoms with Crippen LogP contribution in [0.4, 0.5) is 14.7 Å². The van der Waals surface area contributed by atoms with Gasteiger partial charge < -0.3 is 30.7 Å². The lowest BCUT2D eigenvalue weighted by atomic mass is 9.93. The molecule has 0 amide bonds. The van der Waals surface area contributed by atoms with E-state index < -0.39 is 0 Å². The van der Waals surface area contributed by atoms with Gasteiger partial charge in [0.15, 0.2) is 10.3 Å². The molecule has 4 heterocycles. The zero-order valence-electron chi connectivity index (χ0n) is 27.4. The van der Waals surface area contributed by atoms with E-state index >= 15 is 0 Å². The number of rotatable bonds is 6. The van der Waals surface area contributed by atoms with Crippen molar-refractivity contribution in [1.29, 1.82) is 0 Å². The molecule has 0 saturated heterocycles. The molecule has 0 bridgehead atoms. The highest BCUT2D eigenvalue weighted by Crippen LogP contribution is 2.34. The summed E-state index contributed by atoms with van der Waals surface area (Å²) in [5.41, 5.74) is 1.79. The van der Waals surface area contributed by atoms with Crippen LogP contribution in [0.3, 0.4) is 0 Å². The summed E-state index contributed by atoms with van der Waals surface area (Å²) in [4.78, 5) is 16.6. The van der Waals surface area contributed by atoms with Crippen molar-refractivity contribution < 1.29 is 24.4 Å². The van der Waals surface area contributed by atoms with Gasteiger partial charge in [0.05, 0.1) is 44.7 Å². The molecule has 2 aromatic carbocycles. The molecule has 2 aliphatic rings. The Morgan fingerprint density at radius 1 is 0.667 bits per heavy atom. The number of aromatic nitrogens is 4. The smallest absolute Gasteiger partial charge is 0.184 e. The summed E-state index contributed by atoms with van der Waals surface area (Å²) in [7, 11) is 0. The van der Waals surface area contributed by atoms with Gasteiger partial charge in [0.25, 0.3) is 0 Å². The van der Waals surface area contributed by atoms with Crippen LogP contribution >= 0.6 is 45.9 Å². The van der Waals surface area contributed by atoms with Crippen molar-refractivity contribution in [3.63, 3.8) is 0 Å². The largest absolute Gasteiger partial charge is 0.508 e. The molecule has 2 aliphatic carbocycles. The SMILES string of the molecule is Fc1ccnc(Cl)c1.O[C@@H]1CCCC[C@H]1Nc1nc2ccc(Oc3ccnc(Cl)c3)cc2s1.Oc1ccc2nc(N[C@@H]3CCCC[C@H]3O)sc2c1. The first-order valence-corrected chi connectivity index (χ1v) is 19.0. The average molecular weight is 772 g/mol. The second kappa shape index (κ2) is 17.6. The third-order valence-corrected chi connectivity index (χ3v) is 10.7. The first kappa shape index (κ1) is 36.9. The molecule has 6 aromatic rings. The number of phenolic OH excluding ortho intramolecular Hbond substituents is 1. The van der Waals surface area contributed by atoms with Gasteiger partial charge in [-0.15, -0.1) is 0 Å². The van der Waals surface area contributed by atoms with Gasteiger partial charge in [0.2, 0.25) is 0 Å². The summed E-state index contributed by atoms with van der Waals surface area (Å²) in [5.74, 6) is 1.27. The van der Waals surface area contributed by atoms with Crippen LogP contribution in [0.2, 0.25) is 10.3 Å². The summed E-state index contributed by atoms with van der Waals surface area (Å²) >= 11 is 14.3. The van der Waals surface area contributed by atoms with Crippen LogP contribution < -0.4 is 15.4 Å². The first-order chi connectivity index (χ1) is 24.7. The summed E-state index contributed by atoms with van der Waals surface area (Å²) in [6, 6.07) is 17.0. The summed E-state index contributed by atoms with van der Waals surface area (Å²) in [5, 5.41) is 38.4. The second-order valence-electron chi connectivity index (χ2n) is 12.2. The molecule has 10 nitrogen and oxygen atoms in total. The van der Waals surface area contributed by atoms with E-state index in [1.165, 1.54) is 23.6 Å². The number of anilines is 2. The number of benzene rings is 2. The summed E-state index contributed by atoms with van der Waals surface area (Å²) in [6.07, 6.45) is 10.5. The predicted molar refractivity (Wildman–Crippen MR) is 203 cm³/mol. The summed E-state index contributed by atoms with van der Waals surface area (Å²) < 4.78 is 19.9. The van der Waals surface area contributed by atoms with E-state index in [2.05, 4.69) is 30.6 Å². The van der Waals surface area contributed by atoms with E-state index in [1.54, 1.807) is 41.8 Å². The molecule has 51 heavy (non-hydrogen) atoms. The second-order valence-corrected chi connectivity index (χ2v) is 15.1. The zero-order chi connectivity index (χ0) is 35.7. The summed E-state index contributed by atoms with van der Waals surface area (Å²) in [6.45, 7) is 0. The number of aromatic hydroxyl groups is 1. The van der Waals surface area contributed by atoms with E-state index in [9.17, 15) is 19.7 Å². The number of hydrogen-bond donors (Lipinski definition) is 5. The molecule has 4 atom stereocenters. The van der Waals surface area contributed by atoms with Crippen LogP contribution in [-0.4, -0.2) is 59.5 Å². The molecule has 0 spiro atoms. The molecular weight excluding hydrogens is 734 g/mol. The number of aliphatic hydroxyl groups excluding tert-OH is 2. The van der Waals surface area contributed by atoms with Crippen molar-refractivity contribution in [2.45, 2.75) is 75.7 Å². The topological polar surface area (TPSA) is 146 Å². The van der Waals surface area contributed by atoms with Crippen molar-refractivity contribution in [1.82, 2.24) is 19.9 Å². The zero-order valence-corrected chi connectivity index (χ0v) is 30.5. The van der Waals surface area contributed by atoms with Crippen LogP contribution in [0.1, 0.15) is 51.4 Å². The Labute approximate surface area is 312 Å². The Morgan fingerprint density at radius 2 is 1.20 bits per heavy atom. The number of ether oxygens (including phenoxy) is 1. The third kappa shape index (κ3) is 10.6. The molecule has 268 valence electrons. The van der Waals surface area contributed by atoms with Crippen LogP contribution in [0.5, 0.6) is 17.2 Å². The van der Waals surface area contributed by atoms with E-state index in [-0.39, 0.29) is 41.0 Å². The molecule has 8 rings (SSSR count). The number of nitrogens with one attached hydrogen (secondary N) is 2. The maximum atomic E-state index is 12.0. The van der Waals surface area contributed by atoms with Gasteiger partial charge in [-0.25, -0.2) is 24.3 Å². The monoisotopic (exact) mass is 770 g/mol. The number of thiazole rings is 2. The van der Waals surface area contributed by atoms with Crippen molar-refractivity contribution >= 4 is 76.6 Å². The highest BCUT2D eigenvalue weighted by molar-refractivity contribution is 7.22. The minimum Gasteiger partial charge on any atom is -0.508 e. The molecule has 4 aromatic heterocycles. The first-order valence-electron chi connectivity index (χ1n) is 16.6. The highest BCUT2D eigenvalue weighted by atomic mass is 35.5. The van der Waals surface area contributed by atoms with E-state index in [1.807, 2.05) is 24.3 Å². The van der Waals surface area contributed by atoms with Gasteiger partial charge in [-0.05, 0) is 68.1 Å². The Bertz CT molecular complexity index is 2030. The average Bonchev–Trinajstić information content (AvgIpc) is 3.69. The molecule has 2 saturated carbocycles. The van der Waals surface area contributed by atoms with Crippen LogP contribution in [0.15, 0.2) is 73.1 Å². The maximum Gasteiger partial charge on any atom is 0.184 e. The van der Waals surface area contributed by atoms with E-state index in [0.717, 1.165) is 93.9 Å². The molecule has 5 N–H and O–H groups in total. The number of halogens is 3. The number of aliphatic hydroxyl groups is 2. The lowest BCUT2D eigenvalue weighted by molar-refractivity contribution is 0.116. The number of phenols is 1. The van der Waals surface area contributed by atoms with Gasteiger partial charge in [0, 0.05) is 30.6 Å². The minimum absolute atomic E-state index is 0.0870. The highest BCUT2D eigenvalue weighted by Gasteiger charge is 2.25. The van der Waals surface area contributed by atoms with Gasteiger partial charge in [-0.1, -0.05) is 71.6 Å². The molecule has 15 heteroatoms. The molecule has 2 fully saturated rings. The Morgan fingerprint density at radius 3 is 1.75 bits per heavy atom. The fourth-order valence-electron chi connectivity index (χ4n) is 5.84. The lowest BCUT2D eigenvalue weighted by Gasteiger charge is -2.27. The molecule has 0 radical (unpaired) electrons. The Kier molecular flexibility index (Phi) is 12.7. The van der Waals surface area contributed by atoms with E-state index in [0.29, 0.717) is 10.9 Å². The van der Waals surface area contributed by atoms with Crippen molar-refractivity contribution in [2.75, 3.05) is 10.6 Å². The van der Waals surface area contributed by atoms with Crippen molar-refractivity contribution in [2.24, 2.45) is 0 Å². The quantitative estimate of drug-likeness (QED) is 0.104. The maximum absolute atomic E-state index is 12.0. The van der Waals surface area contributed by atoms with Crippen LogP contribution in [0, 0.1) is 5.82 Å². The van der Waals surface area contributed by atoms with Gasteiger partial charge >= 0.3 is 0 Å². The molecule has 0 aliphatic heterocycles. The minimum atomic E-state index is -0.356. The number of nitrogens with zero attached hydrogens (tertiary/aromatic N) is 4. The normalized spacial score (nSPS) is 20.1. The standard InChI is InChI=1S/C18H18ClN3O2S.C13H16N2O2S.C5H3ClFN/c19-17-10-12(7-8-20-17)24-11-5-6-14-16(9-11)25-18(22-14)21-13-3-1-2-4-15(13)23;16-8-5-6-10-12(7-8)18-13(15-10)14-9-3-1-2-4-11(9)17;6-5-3-4(7)1-2-8-5/h5-10,13,15,23H,1-4H2,(H,21,22);5-7,9,11,16-17H,1-4H2,(H,14,15);1-3H/t13-,15-;9-,11-;/m11./s1. The van der Waals surface area contributed by atoms with E-state index in [4.69, 9.17) is 27.9 Å². The van der Waals surface area contributed by atoms with Crippen molar-refractivity contribution in [3.05, 3.63) is 89.2 Å². The third-order valence-electron chi connectivity index (χ3n) is 8.43. The number of fused-ring (bicyclic) bond motifs is 2. The lowest BCUT2D eigenvalue weighted by Crippen LogP contribution is -2.36.